The maximum atomic E-state index is 12.0. The third kappa shape index (κ3) is 7.15. The number of carboxylic acid groups (broad SMARTS) is 1. The van der Waals surface area contributed by atoms with Crippen molar-refractivity contribution in [2.45, 2.75) is 51.8 Å². The fourth-order valence-corrected chi connectivity index (χ4v) is 2.05. The number of nitrogens with one attached hydrogen (secondary N) is 2. The molecule has 0 spiro atoms. The normalized spacial score (nSPS) is 13.9. The molecule has 0 bridgehead atoms. The highest BCUT2D eigenvalue weighted by molar-refractivity contribution is 5.73. The first-order valence-electron chi connectivity index (χ1n) is 7.73. The Bertz CT molecular complexity index is 511. The third-order valence-electron chi connectivity index (χ3n) is 3.17. The first kappa shape index (κ1) is 19.0. The van der Waals surface area contributed by atoms with E-state index in [-0.39, 0.29) is 6.04 Å². The number of ether oxygens (including phenoxy) is 1. The lowest BCUT2D eigenvalue weighted by molar-refractivity contribution is -0.139. The van der Waals surface area contributed by atoms with Crippen LogP contribution in [0.2, 0.25) is 0 Å². The molecule has 0 heterocycles. The topological polar surface area (TPSA) is 87.7 Å². The van der Waals surface area contributed by atoms with Crippen LogP contribution in [0.1, 0.15) is 45.7 Å². The molecule has 1 rings (SSSR count). The second-order valence-corrected chi connectivity index (χ2v) is 6.32. The van der Waals surface area contributed by atoms with E-state index < -0.39 is 23.7 Å². The number of carbonyl (C=O) groups excluding carboxylic acids is 1. The smallest absolute Gasteiger partial charge is 0.408 e. The first-order valence-corrected chi connectivity index (χ1v) is 7.73. The number of benzene rings is 1. The summed E-state index contributed by atoms with van der Waals surface area (Å²) in [7, 11) is 0. The molecule has 0 fully saturated rings. The molecular weight excluding hydrogens is 296 g/mol. The standard InChI is InChI=1S/C17H26N2O4/c1-5-13(15(20)21)18-11-14(12-9-7-6-8-10-12)19-16(22)23-17(2,3)4/h6-10,13-14,18H,5,11H2,1-4H3,(H,19,22)(H,20,21). The lowest BCUT2D eigenvalue weighted by Gasteiger charge is -2.25. The Morgan fingerprint density at radius 3 is 2.30 bits per heavy atom. The van der Waals surface area contributed by atoms with E-state index in [1.165, 1.54) is 0 Å². The van der Waals surface area contributed by atoms with Gasteiger partial charge in [-0.25, -0.2) is 4.79 Å². The Hall–Kier alpha value is -2.08. The Morgan fingerprint density at radius 1 is 1.22 bits per heavy atom. The van der Waals surface area contributed by atoms with Gasteiger partial charge in [0.05, 0.1) is 6.04 Å². The second kappa shape index (κ2) is 8.53. The molecule has 6 heteroatoms. The highest BCUT2D eigenvalue weighted by atomic mass is 16.6. The van der Waals surface area contributed by atoms with E-state index in [4.69, 9.17) is 9.84 Å². The van der Waals surface area contributed by atoms with Crippen LogP contribution in [0, 0.1) is 0 Å². The number of amides is 1. The molecular formula is C17H26N2O4. The third-order valence-corrected chi connectivity index (χ3v) is 3.17. The molecule has 23 heavy (non-hydrogen) atoms. The van der Waals surface area contributed by atoms with Crippen molar-refractivity contribution < 1.29 is 19.4 Å². The van der Waals surface area contributed by atoms with Crippen LogP contribution in [0.25, 0.3) is 0 Å². The Morgan fingerprint density at radius 2 is 1.83 bits per heavy atom. The van der Waals surface area contributed by atoms with Crippen LogP contribution >= 0.6 is 0 Å². The van der Waals surface area contributed by atoms with Crippen molar-refractivity contribution in [3.05, 3.63) is 35.9 Å². The predicted octanol–water partition coefficient (Wildman–Crippen LogP) is 2.71. The van der Waals surface area contributed by atoms with E-state index in [1.54, 1.807) is 27.7 Å². The summed E-state index contributed by atoms with van der Waals surface area (Å²) in [5.74, 6) is -0.906. The minimum absolute atomic E-state index is 0.300. The van der Waals surface area contributed by atoms with E-state index >= 15 is 0 Å². The van der Waals surface area contributed by atoms with Gasteiger partial charge in [-0.3, -0.25) is 4.79 Å². The maximum absolute atomic E-state index is 12.0. The highest BCUT2D eigenvalue weighted by Crippen LogP contribution is 2.14. The average Bonchev–Trinajstić information content (AvgIpc) is 2.45. The minimum Gasteiger partial charge on any atom is -0.480 e. The Kier molecular flexibility index (Phi) is 7.03. The fraction of sp³-hybridized carbons (Fsp3) is 0.529. The molecule has 0 saturated carbocycles. The minimum atomic E-state index is -0.906. The molecule has 128 valence electrons. The van der Waals surface area contributed by atoms with E-state index in [9.17, 15) is 9.59 Å². The molecule has 6 nitrogen and oxygen atoms in total. The van der Waals surface area contributed by atoms with Crippen molar-refractivity contribution in [2.75, 3.05) is 6.54 Å². The van der Waals surface area contributed by atoms with Gasteiger partial charge in [-0.2, -0.15) is 0 Å². The van der Waals surface area contributed by atoms with Crippen LogP contribution in [-0.4, -0.2) is 35.4 Å². The zero-order chi connectivity index (χ0) is 17.5. The van der Waals surface area contributed by atoms with Gasteiger partial charge in [0.2, 0.25) is 0 Å². The van der Waals surface area contributed by atoms with Gasteiger partial charge in [-0.15, -0.1) is 0 Å². The van der Waals surface area contributed by atoms with Crippen LogP contribution in [0.15, 0.2) is 30.3 Å². The molecule has 1 aromatic rings. The number of rotatable bonds is 7. The van der Waals surface area contributed by atoms with Crippen molar-refractivity contribution in [1.82, 2.24) is 10.6 Å². The van der Waals surface area contributed by atoms with Crippen molar-refractivity contribution in [3.8, 4) is 0 Å². The summed E-state index contributed by atoms with van der Waals surface area (Å²) >= 11 is 0. The number of alkyl carbamates (subject to hydrolysis) is 1. The number of carboxylic acids is 1. The highest BCUT2D eigenvalue weighted by Gasteiger charge is 2.22. The lowest BCUT2D eigenvalue weighted by Crippen LogP contribution is -2.43. The van der Waals surface area contributed by atoms with Gasteiger partial charge < -0.3 is 20.5 Å². The van der Waals surface area contributed by atoms with Crippen molar-refractivity contribution in [2.24, 2.45) is 0 Å². The number of aliphatic carboxylic acids is 1. The summed E-state index contributed by atoms with van der Waals surface area (Å²) in [4.78, 5) is 23.1. The largest absolute Gasteiger partial charge is 0.480 e. The van der Waals surface area contributed by atoms with Gasteiger partial charge in [0.25, 0.3) is 0 Å². The van der Waals surface area contributed by atoms with E-state index in [2.05, 4.69) is 10.6 Å². The van der Waals surface area contributed by atoms with Crippen molar-refractivity contribution in [3.63, 3.8) is 0 Å². The van der Waals surface area contributed by atoms with Crippen LogP contribution in [0.5, 0.6) is 0 Å². The molecule has 0 saturated heterocycles. The quantitative estimate of drug-likeness (QED) is 0.718. The zero-order valence-electron chi connectivity index (χ0n) is 14.1. The summed E-state index contributed by atoms with van der Waals surface area (Å²) in [5, 5.41) is 14.9. The van der Waals surface area contributed by atoms with Crippen LogP contribution in [-0.2, 0) is 9.53 Å². The Balaban J connectivity index is 2.78. The second-order valence-electron chi connectivity index (χ2n) is 6.32. The summed E-state index contributed by atoms with van der Waals surface area (Å²) in [6, 6.07) is 8.35. The van der Waals surface area contributed by atoms with Gasteiger partial charge in [0, 0.05) is 6.54 Å². The molecule has 2 atom stereocenters. The first-order chi connectivity index (χ1) is 10.7. The molecule has 0 radical (unpaired) electrons. The molecule has 2 unspecified atom stereocenters. The van der Waals surface area contributed by atoms with E-state index in [0.29, 0.717) is 13.0 Å². The number of carbonyl (C=O) groups is 2. The molecule has 1 amide bonds. The van der Waals surface area contributed by atoms with Gasteiger partial charge in [-0.05, 0) is 32.8 Å². The van der Waals surface area contributed by atoms with Crippen molar-refractivity contribution in [1.29, 1.82) is 0 Å². The fourth-order valence-electron chi connectivity index (χ4n) is 2.05. The van der Waals surface area contributed by atoms with Crippen molar-refractivity contribution >= 4 is 12.1 Å². The van der Waals surface area contributed by atoms with Gasteiger partial charge in [0.1, 0.15) is 11.6 Å². The number of hydrogen-bond donors (Lipinski definition) is 3. The predicted molar refractivity (Wildman–Crippen MR) is 88.3 cm³/mol. The molecule has 3 N–H and O–H groups in total. The maximum Gasteiger partial charge on any atom is 0.408 e. The van der Waals surface area contributed by atoms with E-state index in [0.717, 1.165) is 5.56 Å². The van der Waals surface area contributed by atoms with Crippen LogP contribution in [0.3, 0.4) is 0 Å². The molecule has 1 aromatic carbocycles. The number of hydrogen-bond acceptors (Lipinski definition) is 4. The average molecular weight is 322 g/mol. The molecule has 0 aliphatic carbocycles. The van der Waals surface area contributed by atoms with Gasteiger partial charge >= 0.3 is 12.1 Å². The van der Waals surface area contributed by atoms with Crippen LogP contribution < -0.4 is 10.6 Å². The van der Waals surface area contributed by atoms with Gasteiger partial charge in [0.15, 0.2) is 0 Å². The summed E-state index contributed by atoms with van der Waals surface area (Å²) in [6.07, 6.45) is -0.0694. The van der Waals surface area contributed by atoms with Crippen LogP contribution in [0.4, 0.5) is 4.79 Å². The van der Waals surface area contributed by atoms with E-state index in [1.807, 2.05) is 30.3 Å². The summed E-state index contributed by atoms with van der Waals surface area (Å²) in [6.45, 7) is 7.47. The molecule has 0 aromatic heterocycles. The Labute approximate surface area is 137 Å². The summed E-state index contributed by atoms with van der Waals surface area (Å²) < 4.78 is 5.28. The lowest BCUT2D eigenvalue weighted by atomic mass is 10.1. The molecule has 0 aliphatic heterocycles. The SMILES string of the molecule is CCC(NCC(NC(=O)OC(C)(C)C)c1ccccc1)C(=O)O. The molecule has 0 aliphatic rings. The zero-order valence-corrected chi connectivity index (χ0v) is 14.1. The monoisotopic (exact) mass is 322 g/mol. The van der Waals surface area contributed by atoms with Gasteiger partial charge in [-0.1, -0.05) is 37.3 Å². The summed E-state index contributed by atoms with van der Waals surface area (Å²) in [5.41, 5.74) is 0.289.